The first kappa shape index (κ1) is 23.4. The minimum atomic E-state index is -4.60. The zero-order chi connectivity index (χ0) is 21.3. The molecule has 0 aromatic heterocycles. The summed E-state index contributed by atoms with van der Waals surface area (Å²) >= 11 is 1.49. The molecule has 0 spiro atoms. The number of benzene rings is 2. The fraction of sp³-hybridized carbons (Fsp3) is 0.278. The van der Waals surface area contributed by atoms with Crippen molar-refractivity contribution >= 4 is 23.9 Å². The number of nitrogens with two attached hydrogens (primary N) is 1. The van der Waals surface area contributed by atoms with Crippen LogP contribution >= 0.6 is 11.8 Å². The number of halogens is 3. The SMILES string of the molecule is CN(N)C=O.CNc1cccc(SC)c1COc1ccc(O)cc1C(F)(F)F. The summed E-state index contributed by atoms with van der Waals surface area (Å²) in [5.41, 5.74) is 0.582. The lowest BCUT2D eigenvalue weighted by atomic mass is 10.1. The van der Waals surface area contributed by atoms with Crippen LogP contribution in [0.15, 0.2) is 41.3 Å². The summed E-state index contributed by atoms with van der Waals surface area (Å²) < 4.78 is 44.5. The van der Waals surface area contributed by atoms with Crippen molar-refractivity contribution in [1.29, 1.82) is 0 Å². The van der Waals surface area contributed by atoms with Gasteiger partial charge in [-0.05, 0) is 36.6 Å². The molecule has 28 heavy (non-hydrogen) atoms. The van der Waals surface area contributed by atoms with Gasteiger partial charge in [0, 0.05) is 30.2 Å². The number of hydrogen-bond acceptors (Lipinski definition) is 6. The molecule has 0 saturated heterocycles. The number of anilines is 1. The number of phenols is 1. The summed E-state index contributed by atoms with van der Waals surface area (Å²) in [6.07, 6.45) is -2.18. The average Bonchev–Trinajstić information content (AvgIpc) is 2.66. The first-order chi connectivity index (χ1) is 13.1. The molecule has 2 aromatic carbocycles. The maximum atomic E-state index is 13.0. The number of hydrogen-bond donors (Lipinski definition) is 3. The van der Waals surface area contributed by atoms with Gasteiger partial charge in [0.1, 0.15) is 23.7 Å². The Balaban J connectivity index is 0.000000696. The fourth-order valence-electron chi connectivity index (χ4n) is 2.16. The van der Waals surface area contributed by atoms with Gasteiger partial charge in [-0.25, -0.2) is 5.84 Å². The third kappa shape index (κ3) is 6.86. The molecule has 2 rings (SSSR count). The van der Waals surface area contributed by atoms with Crippen LogP contribution in [0, 0.1) is 0 Å². The monoisotopic (exact) mass is 417 g/mol. The molecule has 0 saturated carbocycles. The quantitative estimate of drug-likeness (QED) is 0.218. The molecule has 4 N–H and O–H groups in total. The highest BCUT2D eigenvalue weighted by Crippen LogP contribution is 2.39. The number of carbonyl (C=O) groups excluding carboxylic acids is 1. The molecule has 0 aliphatic heterocycles. The maximum Gasteiger partial charge on any atom is 0.420 e. The standard InChI is InChI=1S/C16H16F3NO2S.C2H6N2O/c1-20-13-4-3-5-15(23-2)11(13)9-22-14-7-6-10(21)8-12(14)16(17,18)19;1-4(3)2-5/h3-8,20-21H,9H2,1-2H3;2H,3H2,1H3. The zero-order valence-electron chi connectivity index (χ0n) is 15.6. The van der Waals surface area contributed by atoms with Crippen LogP contribution in [0.1, 0.15) is 11.1 Å². The molecule has 0 aliphatic rings. The van der Waals surface area contributed by atoms with Gasteiger partial charge in [0.05, 0.1) is 0 Å². The number of alkyl halides is 3. The number of nitrogens with one attached hydrogen (secondary N) is 1. The van der Waals surface area contributed by atoms with Crippen molar-refractivity contribution in [3.05, 3.63) is 47.5 Å². The minimum Gasteiger partial charge on any atom is -0.508 e. The highest BCUT2D eigenvalue weighted by molar-refractivity contribution is 7.98. The van der Waals surface area contributed by atoms with E-state index in [0.29, 0.717) is 12.5 Å². The summed E-state index contributed by atoms with van der Waals surface area (Å²) in [6, 6.07) is 8.53. The lowest BCUT2D eigenvalue weighted by Crippen LogP contribution is -2.23. The van der Waals surface area contributed by atoms with Crippen LogP contribution in [0.4, 0.5) is 18.9 Å². The molecule has 0 unspecified atom stereocenters. The van der Waals surface area contributed by atoms with E-state index in [-0.39, 0.29) is 12.4 Å². The van der Waals surface area contributed by atoms with Crippen LogP contribution in [0.3, 0.4) is 0 Å². The van der Waals surface area contributed by atoms with Crippen molar-refractivity contribution in [2.45, 2.75) is 17.7 Å². The van der Waals surface area contributed by atoms with Gasteiger partial charge in [-0.2, -0.15) is 13.2 Å². The first-order valence-corrected chi connectivity index (χ1v) is 9.16. The second-order valence-electron chi connectivity index (χ2n) is 5.47. The largest absolute Gasteiger partial charge is 0.508 e. The molecule has 0 heterocycles. The van der Waals surface area contributed by atoms with Gasteiger partial charge < -0.3 is 15.2 Å². The van der Waals surface area contributed by atoms with Crippen molar-refractivity contribution in [2.24, 2.45) is 5.84 Å². The summed E-state index contributed by atoms with van der Waals surface area (Å²) in [4.78, 5) is 10.2. The maximum absolute atomic E-state index is 13.0. The van der Waals surface area contributed by atoms with E-state index in [1.165, 1.54) is 24.9 Å². The van der Waals surface area contributed by atoms with Crippen molar-refractivity contribution < 1.29 is 27.8 Å². The van der Waals surface area contributed by atoms with Crippen LogP contribution in [0.2, 0.25) is 0 Å². The Morgan fingerprint density at radius 1 is 1.32 bits per heavy atom. The number of ether oxygens (including phenoxy) is 1. The predicted molar refractivity (Wildman–Crippen MR) is 103 cm³/mol. The lowest BCUT2D eigenvalue weighted by molar-refractivity contribution is -0.139. The molecule has 154 valence electrons. The molecule has 0 fully saturated rings. The van der Waals surface area contributed by atoms with E-state index in [1.807, 2.05) is 24.5 Å². The van der Waals surface area contributed by atoms with Crippen molar-refractivity contribution in [1.82, 2.24) is 5.01 Å². The van der Waals surface area contributed by atoms with Crippen LogP contribution in [0.25, 0.3) is 0 Å². The Morgan fingerprint density at radius 3 is 2.46 bits per heavy atom. The highest BCUT2D eigenvalue weighted by atomic mass is 32.2. The summed E-state index contributed by atoms with van der Waals surface area (Å²) in [5, 5.41) is 13.2. The van der Waals surface area contributed by atoms with Gasteiger partial charge in [0.25, 0.3) is 0 Å². The van der Waals surface area contributed by atoms with Gasteiger partial charge in [-0.3, -0.25) is 9.80 Å². The molecule has 0 aliphatic carbocycles. The van der Waals surface area contributed by atoms with E-state index in [0.717, 1.165) is 27.2 Å². The van der Waals surface area contributed by atoms with E-state index in [9.17, 15) is 23.1 Å². The Morgan fingerprint density at radius 2 is 1.96 bits per heavy atom. The van der Waals surface area contributed by atoms with E-state index in [4.69, 9.17) is 10.6 Å². The zero-order valence-corrected chi connectivity index (χ0v) is 16.4. The Bertz CT molecular complexity index is 764. The number of carbonyl (C=O) groups is 1. The van der Waals surface area contributed by atoms with Gasteiger partial charge in [0.15, 0.2) is 0 Å². The first-order valence-electron chi connectivity index (χ1n) is 7.93. The number of phenolic OH excluding ortho intramolecular Hbond substituents is 1. The average molecular weight is 417 g/mol. The highest BCUT2D eigenvalue weighted by Gasteiger charge is 2.35. The van der Waals surface area contributed by atoms with Crippen LogP contribution in [-0.4, -0.2) is 36.9 Å². The topological polar surface area (TPSA) is 87.8 Å². The van der Waals surface area contributed by atoms with E-state index >= 15 is 0 Å². The summed E-state index contributed by atoms with van der Waals surface area (Å²) in [6.45, 7) is -0.0129. The predicted octanol–water partition coefficient (Wildman–Crippen LogP) is 3.70. The molecular weight excluding hydrogens is 395 g/mol. The Labute approximate surface area is 165 Å². The normalized spacial score (nSPS) is 10.5. The van der Waals surface area contributed by atoms with Gasteiger partial charge in [-0.15, -0.1) is 11.8 Å². The van der Waals surface area contributed by atoms with Gasteiger partial charge in [0.2, 0.25) is 6.41 Å². The molecule has 0 radical (unpaired) electrons. The third-order valence-electron chi connectivity index (χ3n) is 3.43. The number of nitrogens with zero attached hydrogens (tertiary/aromatic N) is 1. The number of amides is 1. The Hall–Kier alpha value is -2.59. The minimum absolute atomic E-state index is 0.0129. The molecule has 6 nitrogen and oxygen atoms in total. The molecule has 1 amide bonds. The van der Waals surface area contributed by atoms with Crippen molar-refractivity contribution in [2.75, 3.05) is 25.7 Å². The smallest absolute Gasteiger partial charge is 0.420 e. The van der Waals surface area contributed by atoms with Gasteiger partial charge in [-0.1, -0.05) is 6.07 Å². The van der Waals surface area contributed by atoms with Gasteiger partial charge >= 0.3 is 6.18 Å². The second kappa shape index (κ2) is 10.7. The molecule has 0 bridgehead atoms. The number of rotatable bonds is 6. The van der Waals surface area contributed by atoms with E-state index in [2.05, 4.69) is 5.32 Å². The number of thioether (sulfide) groups is 1. The molecule has 2 aromatic rings. The number of aromatic hydroxyl groups is 1. The van der Waals surface area contributed by atoms with Crippen LogP contribution in [0.5, 0.6) is 11.5 Å². The van der Waals surface area contributed by atoms with Crippen LogP contribution < -0.4 is 15.9 Å². The van der Waals surface area contributed by atoms with Crippen molar-refractivity contribution in [3.63, 3.8) is 0 Å². The lowest BCUT2D eigenvalue weighted by Gasteiger charge is -2.17. The van der Waals surface area contributed by atoms with Crippen molar-refractivity contribution in [3.8, 4) is 11.5 Å². The second-order valence-corrected chi connectivity index (χ2v) is 6.32. The third-order valence-corrected chi connectivity index (χ3v) is 4.25. The van der Waals surface area contributed by atoms with E-state index in [1.54, 1.807) is 7.05 Å². The molecule has 0 atom stereocenters. The number of hydrazine groups is 1. The molecular formula is C18H22F3N3O3S. The Kier molecular flexibility index (Phi) is 8.93. The molecule has 10 heteroatoms. The summed E-state index contributed by atoms with van der Waals surface area (Å²) in [5.74, 6) is 3.99. The summed E-state index contributed by atoms with van der Waals surface area (Å²) in [7, 11) is 3.21. The fourth-order valence-corrected chi connectivity index (χ4v) is 2.79. The van der Waals surface area contributed by atoms with E-state index < -0.39 is 17.5 Å². The van der Waals surface area contributed by atoms with Crippen LogP contribution in [-0.2, 0) is 17.6 Å².